The summed E-state index contributed by atoms with van der Waals surface area (Å²) in [5, 5.41) is 13.2. The van der Waals surface area contributed by atoms with Crippen LogP contribution < -0.4 is 14.8 Å². The summed E-state index contributed by atoms with van der Waals surface area (Å²) in [6.45, 7) is 8.86. The lowest BCUT2D eigenvalue weighted by Gasteiger charge is -2.23. The molecule has 1 unspecified atom stereocenters. The van der Waals surface area contributed by atoms with E-state index in [-0.39, 0.29) is 12.1 Å². The molecule has 0 spiro atoms. The van der Waals surface area contributed by atoms with Crippen LogP contribution in [0.4, 0.5) is 0 Å². The molecular weight excluding hydrogens is 266 g/mol. The van der Waals surface area contributed by atoms with Crippen molar-refractivity contribution >= 4 is 6.08 Å². The molecule has 0 radical (unpaired) electrons. The molecule has 21 heavy (non-hydrogen) atoms. The zero-order valence-electron chi connectivity index (χ0n) is 13.6. The topological polar surface area (TPSA) is 50.7 Å². The number of ether oxygens (including phenoxy) is 2. The molecule has 0 aromatic heterocycles. The smallest absolute Gasteiger partial charge is 0.161 e. The Morgan fingerprint density at radius 2 is 2.00 bits per heavy atom. The van der Waals surface area contributed by atoms with Crippen molar-refractivity contribution < 1.29 is 14.6 Å². The van der Waals surface area contributed by atoms with Crippen molar-refractivity contribution in [3.63, 3.8) is 0 Å². The molecule has 0 amide bonds. The van der Waals surface area contributed by atoms with Crippen molar-refractivity contribution in [3.05, 3.63) is 29.8 Å². The van der Waals surface area contributed by atoms with E-state index < -0.39 is 6.10 Å². The van der Waals surface area contributed by atoms with Gasteiger partial charge in [-0.05, 0) is 45.4 Å². The monoisotopic (exact) mass is 293 g/mol. The number of β-amino-alcohol motifs (C(OH)–C–C–N with tert-alkyl or cyclic N) is 1. The first kappa shape index (κ1) is 17.5. The number of hydrogen-bond acceptors (Lipinski definition) is 4. The van der Waals surface area contributed by atoms with Gasteiger partial charge in [0.15, 0.2) is 11.5 Å². The highest BCUT2D eigenvalue weighted by molar-refractivity contribution is 5.55. The number of hydrogen-bond donors (Lipinski definition) is 2. The van der Waals surface area contributed by atoms with Gasteiger partial charge in [0.25, 0.3) is 0 Å². The van der Waals surface area contributed by atoms with E-state index in [1.807, 2.05) is 37.3 Å². The van der Waals surface area contributed by atoms with E-state index >= 15 is 0 Å². The maximum atomic E-state index is 9.94. The second-order valence-corrected chi connectivity index (χ2v) is 6.01. The first-order chi connectivity index (χ1) is 9.85. The number of allylic oxidation sites excluding steroid dienone is 1. The molecule has 4 nitrogen and oxygen atoms in total. The SMILES string of the molecule is C/C=C/c1ccc(OCC(O)CNC(C)(C)C)c(OC)c1. The second-order valence-electron chi connectivity index (χ2n) is 6.01. The molecule has 0 aliphatic rings. The van der Waals surface area contributed by atoms with Gasteiger partial charge in [-0.15, -0.1) is 0 Å². The molecule has 1 aromatic rings. The first-order valence-corrected chi connectivity index (χ1v) is 7.22. The quantitative estimate of drug-likeness (QED) is 0.811. The molecule has 2 N–H and O–H groups in total. The lowest BCUT2D eigenvalue weighted by atomic mass is 10.1. The third-order valence-electron chi connectivity index (χ3n) is 2.85. The molecule has 0 fully saturated rings. The molecule has 1 aromatic carbocycles. The predicted molar refractivity (Wildman–Crippen MR) is 87.0 cm³/mol. The Morgan fingerprint density at radius 1 is 1.29 bits per heavy atom. The summed E-state index contributed by atoms with van der Waals surface area (Å²) < 4.78 is 11.0. The molecule has 1 atom stereocenters. The Hall–Kier alpha value is -1.52. The molecule has 0 bridgehead atoms. The fourth-order valence-electron chi connectivity index (χ4n) is 1.77. The van der Waals surface area contributed by atoms with Gasteiger partial charge in [-0.3, -0.25) is 0 Å². The molecule has 118 valence electrons. The summed E-state index contributed by atoms with van der Waals surface area (Å²) in [7, 11) is 1.61. The number of methoxy groups -OCH3 is 1. The van der Waals surface area contributed by atoms with Crippen molar-refractivity contribution in [1.29, 1.82) is 0 Å². The summed E-state index contributed by atoms with van der Waals surface area (Å²) in [5.74, 6) is 1.31. The molecular formula is C17H27NO3. The van der Waals surface area contributed by atoms with Crippen molar-refractivity contribution in [3.8, 4) is 11.5 Å². The van der Waals surface area contributed by atoms with Crippen LogP contribution in [0.1, 0.15) is 33.3 Å². The molecule has 4 heteroatoms. The zero-order valence-corrected chi connectivity index (χ0v) is 13.6. The van der Waals surface area contributed by atoms with E-state index in [1.165, 1.54) is 0 Å². The van der Waals surface area contributed by atoms with Gasteiger partial charge in [0.1, 0.15) is 12.7 Å². The van der Waals surface area contributed by atoms with Crippen LogP contribution in [0.2, 0.25) is 0 Å². The Labute approximate surface area is 127 Å². The lowest BCUT2D eigenvalue weighted by molar-refractivity contribution is 0.0985. The van der Waals surface area contributed by atoms with Gasteiger partial charge >= 0.3 is 0 Å². The molecule has 0 heterocycles. The number of benzene rings is 1. The second kappa shape index (κ2) is 8.05. The standard InChI is InChI=1S/C17H27NO3/c1-6-7-13-8-9-15(16(10-13)20-5)21-12-14(19)11-18-17(2,3)4/h6-10,14,18-19H,11-12H2,1-5H3/b7-6+. The largest absolute Gasteiger partial charge is 0.493 e. The average molecular weight is 293 g/mol. The molecule has 0 aliphatic heterocycles. The first-order valence-electron chi connectivity index (χ1n) is 7.22. The van der Waals surface area contributed by atoms with Crippen LogP contribution in [-0.2, 0) is 0 Å². The average Bonchev–Trinajstić information content (AvgIpc) is 2.43. The van der Waals surface area contributed by atoms with E-state index in [0.29, 0.717) is 18.0 Å². The van der Waals surface area contributed by atoms with Crippen LogP contribution in [0.15, 0.2) is 24.3 Å². The molecule has 1 rings (SSSR count). The Balaban J connectivity index is 2.58. The van der Waals surface area contributed by atoms with Crippen LogP contribution >= 0.6 is 0 Å². The van der Waals surface area contributed by atoms with E-state index in [1.54, 1.807) is 7.11 Å². The van der Waals surface area contributed by atoms with Gasteiger partial charge in [0, 0.05) is 12.1 Å². The van der Waals surface area contributed by atoms with Crippen LogP contribution in [0, 0.1) is 0 Å². The van der Waals surface area contributed by atoms with E-state index in [2.05, 4.69) is 26.1 Å². The van der Waals surface area contributed by atoms with Crippen molar-refractivity contribution in [2.75, 3.05) is 20.3 Å². The number of rotatable bonds is 7. The van der Waals surface area contributed by atoms with Crippen LogP contribution in [0.25, 0.3) is 6.08 Å². The fourth-order valence-corrected chi connectivity index (χ4v) is 1.77. The van der Waals surface area contributed by atoms with Gasteiger partial charge in [0.05, 0.1) is 7.11 Å². The van der Waals surface area contributed by atoms with Crippen LogP contribution in [-0.4, -0.2) is 37.0 Å². The minimum Gasteiger partial charge on any atom is -0.493 e. The number of nitrogens with one attached hydrogen (secondary N) is 1. The van der Waals surface area contributed by atoms with Gasteiger partial charge in [0.2, 0.25) is 0 Å². The van der Waals surface area contributed by atoms with Gasteiger partial charge < -0.3 is 19.9 Å². The van der Waals surface area contributed by atoms with Crippen molar-refractivity contribution in [2.24, 2.45) is 0 Å². The third-order valence-corrected chi connectivity index (χ3v) is 2.85. The summed E-state index contributed by atoms with van der Waals surface area (Å²) in [6.07, 6.45) is 3.40. The highest BCUT2D eigenvalue weighted by Gasteiger charge is 2.13. The normalized spacial score (nSPS) is 13.4. The minimum absolute atomic E-state index is 0.0210. The van der Waals surface area contributed by atoms with Crippen molar-refractivity contribution in [2.45, 2.75) is 39.3 Å². The summed E-state index contributed by atoms with van der Waals surface area (Å²) in [6, 6.07) is 5.73. The Bertz CT molecular complexity index is 464. The van der Waals surface area contributed by atoms with Gasteiger partial charge in [-0.25, -0.2) is 0 Å². The molecule has 0 saturated heterocycles. The number of aliphatic hydroxyl groups excluding tert-OH is 1. The minimum atomic E-state index is -0.566. The highest BCUT2D eigenvalue weighted by atomic mass is 16.5. The number of aliphatic hydroxyl groups is 1. The van der Waals surface area contributed by atoms with E-state index in [0.717, 1.165) is 5.56 Å². The Kier molecular flexibility index (Phi) is 6.72. The Morgan fingerprint density at radius 3 is 2.57 bits per heavy atom. The lowest BCUT2D eigenvalue weighted by Crippen LogP contribution is -2.42. The third kappa shape index (κ3) is 6.65. The van der Waals surface area contributed by atoms with Gasteiger partial charge in [-0.2, -0.15) is 0 Å². The summed E-state index contributed by atoms with van der Waals surface area (Å²) in [5.41, 5.74) is 1.03. The summed E-state index contributed by atoms with van der Waals surface area (Å²) in [4.78, 5) is 0. The van der Waals surface area contributed by atoms with Crippen LogP contribution in [0.5, 0.6) is 11.5 Å². The molecule has 0 saturated carbocycles. The van der Waals surface area contributed by atoms with Gasteiger partial charge in [-0.1, -0.05) is 18.2 Å². The maximum Gasteiger partial charge on any atom is 0.161 e. The van der Waals surface area contributed by atoms with E-state index in [4.69, 9.17) is 9.47 Å². The maximum absolute atomic E-state index is 9.94. The van der Waals surface area contributed by atoms with Crippen LogP contribution in [0.3, 0.4) is 0 Å². The highest BCUT2D eigenvalue weighted by Crippen LogP contribution is 2.28. The fraction of sp³-hybridized carbons (Fsp3) is 0.529. The zero-order chi connectivity index (χ0) is 15.9. The summed E-state index contributed by atoms with van der Waals surface area (Å²) >= 11 is 0. The van der Waals surface area contributed by atoms with E-state index in [9.17, 15) is 5.11 Å². The predicted octanol–water partition coefficient (Wildman–Crippen LogP) is 2.86. The molecule has 0 aliphatic carbocycles. The van der Waals surface area contributed by atoms with Crippen molar-refractivity contribution in [1.82, 2.24) is 5.32 Å².